The molecule has 0 aromatic rings. The Morgan fingerprint density at radius 1 is 1.18 bits per heavy atom. The monoisotopic (exact) mass is 391 g/mol. The summed E-state index contributed by atoms with van der Waals surface area (Å²) in [6, 6.07) is -0.436. The fourth-order valence-corrected chi connectivity index (χ4v) is 3.36. The van der Waals surface area contributed by atoms with E-state index in [1.165, 1.54) is 0 Å². The summed E-state index contributed by atoms with van der Waals surface area (Å²) in [4.78, 5) is 30.5. The molecule has 2 heterocycles. The normalized spacial score (nSPS) is 23.1. The SMILES string of the molecule is [2H]C1(C(=C)NCCC(=C)NCCC(=C)ON2C(=O)CCC2=O)CCCN1C(C)C. The number of nitrogens with zero attached hydrogens (tertiary/aromatic N) is 2. The molecule has 2 aliphatic heterocycles. The van der Waals surface area contributed by atoms with Gasteiger partial charge in [0.05, 0.1) is 1.37 Å². The molecule has 0 aromatic carbocycles. The molecule has 0 saturated carbocycles. The molecule has 0 bridgehead atoms. The van der Waals surface area contributed by atoms with Crippen LogP contribution in [0.25, 0.3) is 0 Å². The number of rotatable bonds is 12. The Balaban J connectivity index is 1.63. The number of likely N-dealkylation sites (tertiary alicyclic amines) is 1. The van der Waals surface area contributed by atoms with Gasteiger partial charge in [0.15, 0.2) is 0 Å². The van der Waals surface area contributed by atoms with E-state index in [-0.39, 0.29) is 24.7 Å². The Kier molecular flexibility index (Phi) is 7.54. The number of carbonyl (C=O) groups excluding carboxylic acids is 2. The zero-order valence-electron chi connectivity index (χ0n) is 18.2. The first-order valence-electron chi connectivity index (χ1n) is 10.5. The predicted octanol–water partition coefficient (Wildman–Crippen LogP) is 2.44. The molecule has 0 radical (unpaired) electrons. The van der Waals surface area contributed by atoms with Crippen LogP contribution in [0.3, 0.4) is 0 Å². The third kappa shape index (κ3) is 6.12. The third-order valence-electron chi connectivity index (χ3n) is 4.90. The van der Waals surface area contributed by atoms with Crippen LogP contribution in [0.2, 0.25) is 0 Å². The van der Waals surface area contributed by atoms with Gasteiger partial charge in [-0.15, -0.1) is 5.06 Å². The van der Waals surface area contributed by atoms with Crippen molar-refractivity contribution in [2.24, 2.45) is 0 Å². The van der Waals surface area contributed by atoms with Crippen molar-refractivity contribution in [1.82, 2.24) is 20.6 Å². The van der Waals surface area contributed by atoms with Gasteiger partial charge < -0.3 is 15.5 Å². The van der Waals surface area contributed by atoms with Gasteiger partial charge in [0.2, 0.25) is 0 Å². The van der Waals surface area contributed by atoms with E-state index in [2.05, 4.69) is 49.1 Å². The van der Waals surface area contributed by atoms with Crippen molar-refractivity contribution in [3.63, 3.8) is 0 Å². The molecule has 1 unspecified atom stereocenters. The van der Waals surface area contributed by atoms with E-state index in [0.717, 1.165) is 35.8 Å². The van der Waals surface area contributed by atoms with Gasteiger partial charge in [-0.3, -0.25) is 14.5 Å². The van der Waals surface area contributed by atoms with Gasteiger partial charge in [-0.2, -0.15) is 0 Å². The lowest BCUT2D eigenvalue weighted by molar-refractivity contribution is -0.177. The van der Waals surface area contributed by atoms with Gasteiger partial charge in [-0.1, -0.05) is 19.7 Å². The average molecular weight is 392 g/mol. The second kappa shape index (κ2) is 10.3. The maximum Gasteiger partial charge on any atom is 0.263 e. The first kappa shape index (κ1) is 20.5. The van der Waals surface area contributed by atoms with Crippen molar-refractivity contribution in [3.8, 4) is 0 Å². The molecule has 2 rings (SSSR count). The number of amides is 2. The molecule has 2 N–H and O–H groups in total. The summed E-state index contributed by atoms with van der Waals surface area (Å²) in [6.07, 6.45) is 3.32. The standard InChI is InChI=1S/C21H34N4O3/c1-15(2)24-14-6-7-19(24)18(5)23-12-10-16(3)22-13-11-17(4)28-25-20(26)8-9-21(25)27/h15,19,22-23H,3-14H2,1-2H3/i19D. The minimum absolute atomic E-state index is 0.188. The largest absolute Gasteiger partial charge is 0.388 e. The Hall–Kier alpha value is -2.28. The van der Waals surface area contributed by atoms with E-state index in [4.69, 9.17) is 6.21 Å². The summed E-state index contributed by atoms with van der Waals surface area (Å²) in [5.41, 5.74) is 1.58. The fraction of sp³-hybridized carbons (Fsp3) is 0.619. The van der Waals surface area contributed by atoms with Crippen molar-refractivity contribution >= 4 is 11.8 Å². The van der Waals surface area contributed by atoms with E-state index >= 15 is 0 Å². The highest BCUT2D eigenvalue weighted by molar-refractivity contribution is 6.00. The highest BCUT2D eigenvalue weighted by Gasteiger charge is 2.31. The summed E-state index contributed by atoms with van der Waals surface area (Å²) in [7, 11) is 0. The van der Waals surface area contributed by atoms with Crippen LogP contribution in [-0.2, 0) is 14.4 Å². The van der Waals surface area contributed by atoms with Gasteiger partial charge in [-0.25, -0.2) is 0 Å². The van der Waals surface area contributed by atoms with E-state index in [0.29, 0.717) is 37.7 Å². The third-order valence-corrected chi connectivity index (χ3v) is 4.90. The summed E-state index contributed by atoms with van der Waals surface area (Å²) in [5, 5.41) is 7.28. The zero-order valence-corrected chi connectivity index (χ0v) is 17.2. The Bertz CT molecular complexity index is 663. The van der Waals surface area contributed by atoms with E-state index in [1.54, 1.807) is 0 Å². The van der Waals surface area contributed by atoms with Crippen LogP contribution in [-0.4, -0.2) is 53.5 Å². The second-order valence-corrected chi connectivity index (χ2v) is 7.48. The number of hydrogen-bond donors (Lipinski definition) is 2. The predicted molar refractivity (Wildman–Crippen MR) is 110 cm³/mol. The van der Waals surface area contributed by atoms with Crippen LogP contribution in [0.15, 0.2) is 36.9 Å². The van der Waals surface area contributed by atoms with Gasteiger partial charge in [-0.05, 0) is 33.2 Å². The molecule has 2 amide bonds. The van der Waals surface area contributed by atoms with Gasteiger partial charge in [0, 0.05) is 62.2 Å². The van der Waals surface area contributed by atoms with Crippen molar-refractivity contribution in [2.75, 3.05) is 19.6 Å². The highest BCUT2D eigenvalue weighted by Crippen LogP contribution is 2.23. The smallest absolute Gasteiger partial charge is 0.263 e. The first-order valence-corrected chi connectivity index (χ1v) is 9.98. The molecular formula is C21H34N4O3. The molecule has 7 heteroatoms. The fourth-order valence-electron chi connectivity index (χ4n) is 3.36. The van der Waals surface area contributed by atoms with E-state index in [1.807, 2.05) is 0 Å². The lowest BCUT2D eigenvalue weighted by atomic mass is 10.1. The zero-order chi connectivity index (χ0) is 21.6. The molecule has 0 aliphatic carbocycles. The number of nitrogens with one attached hydrogen (secondary N) is 2. The Morgan fingerprint density at radius 3 is 2.46 bits per heavy atom. The van der Waals surface area contributed by atoms with Crippen LogP contribution in [0, 0.1) is 0 Å². The number of carbonyl (C=O) groups is 2. The summed E-state index contributed by atoms with van der Waals surface area (Å²) in [6.45, 7) is 18.2. The molecule has 2 fully saturated rings. The minimum atomic E-state index is -0.748. The highest BCUT2D eigenvalue weighted by atomic mass is 16.7. The number of hydroxylamine groups is 2. The lowest BCUT2D eigenvalue weighted by Crippen LogP contribution is -2.40. The summed E-state index contributed by atoms with van der Waals surface area (Å²) in [5.74, 6) is -0.304. The maximum atomic E-state index is 11.5. The minimum Gasteiger partial charge on any atom is -0.388 e. The molecule has 28 heavy (non-hydrogen) atoms. The average Bonchev–Trinajstić information content (AvgIpc) is 3.20. The van der Waals surface area contributed by atoms with E-state index < -0.39 is 6.02 Å². The van der Waals surface area contributed by atoms with Crippen molar-refractivity contribution in [3.05, 3.63) is 36.9 Å². The summed E-state index contributed by atoms with van der Waals surface area (Å²) < 4.78 is 8.79. The molecule has 2 saturated heterocycles. The second-order valence-electron chi connectivity index (χ2n) is 7.48. The lowest BCUT2D eigenvalue weighted by Gasteiger charge is -2.30. The summed E-state index contributed by atoms with van der Waals surface area (Å²) >= 11 is 0. The first-order chi connectivity index (χ1) is 13.6. The van der Waals surface area contributed by atoms with E-state index in [9.17, 15) is 9.59 Å². The quantitative estimate of drug-likeness (QED) is 0.393. The molecule has 1 atom stereocenters. The van der Waals surface area contributed by atoms with Gasteiger partial charge in [0.1, 0.15) is 5.76 Å². The van der Waals surface area contributed by atoms with Crippen LogP contribution < -0.4 is 10.6 Å². The molecule has 2 aliphatic rings. The maximum absolute atomic E-state index is 11.5. The van der Waals surface area contributed by atoms with Gasteiger partial charge >= 0.3 is 0 Å². The topological polar surface area (TPSA) is 73.9 Å². The van der Waals surface area contributed by atoms with Crippen molar-refractivity contribution < 1.29 is 15.8 Å². The number of imide groups is 1. The Morgan fingerprint density at radius 2 is 1.82 bits per heavy atom. The van der Waals surface area contributed by atoms with Crippen LogP contribution in [0.4, 0.5) is 0 Å². The van der Waals surface area contributed by atoms with Gasteiger partial charge in [0.25, 0.3) is 11.8 Å². The molecule has 156 valence electrons. The molecule has 0 spiro atoms. The van der Waals surface area contributed by atoms with Crippen LogP contribution >= 0.6 is 0 Å². The van der Waals surface area contributed by atoms with Crippen molar-refractivity contribution in [1.29, 1.82) is 0 Å². The van der Waals surface area contributed by atoms with Crippen LogP contribution in [0.1, 0.15) is 53.7 Å². The Labute approximate surface area is 169 Å². The van der Waals surface area contributed by atoms with Crippen LogP contribution in [0.5, 0.6) is 0 Å². The number of hydrogen-bond acceptors (Lipinski definition) is 6. The molecular weight excluding hydrogens is 356 g/mol. The molecule has 0 aromatic heterocycles. The molecule has 7 nitrogen and oxygen atoms in total. The van der Waals surface area contributed by atoms with Crippen molar-refractivity contribution in [2.45, 2.75) is 64.4 Å².